The average Bonchev–Trinajstić information content (AvgIpc) is 2.71. The summed E-state index contributed by atoms with van der Waals surface area (Å²) in [7, 11) is -4.01. The van der Waals surface area contributed by atoms with Crippen molar-refractivity contribution in [3.8, 4) is 0 Å². The first-order chi connectivity index (χ1) is 15.5. The Kier molecular flexibility index (Phi) is 8.08. The van der Waals surface area contributed by atoms with Gasteiger partial charge >= 0.3 is 0 Å². The lowest BCUT2D eigenvalue weighted by Crippen LogP contribution is -2.38. The lowest BCUT2D eigenvalue weighted by atomic mass is 10.1. The van der Waals surface area contributed by atoms with E-state index in [9.17, 15) is 13.2 Å². The lowest BCUT2D eigenvalue weighted by Gasteiger charge is -2.24. The van der Waals surface area contributed by atoms with E-state index < -0.39 is 22.5 Å². The molecule has 5 nitrogen and oxygen atoms in total. The van der Waals surface area contributed by atoms with E-state index in [1.54, 1.807) is 56.3 Å². The zero-order chi connectivity index (χ0) is 24.3. The fraction of sp³-hybridized carbons (Fsp3) is 0.208. The molecule has 0 saturated carbocycles. The van der Waals surface area contributed by atoms with Crippen LogP contribution >= 0.6 is 34.8 Å². The molecule has 1 amide bonds. The van der Waals surface area contributed by atoms with Crippen LogP contribution in [0.1, 0.15) is 22.3 Å². The Balaban J connectivity index is 1.98. The number of carbonyl (C=O) groups is 1. The van der Waals surface area contributed by atoms with E-state index in [1.807, 2.05) is 19.1 Å². The molecule has 0 unspecified atom stereocenters. The maximum Gasteiger partial charge on any atom is 0.244 e. The average molecular weight is 526 g/mol. The van der Waals surface area contributed by atoms with Gasteiger partial charge in [-0.3, -0.25) is 4.79 Å². The molecule has 3 aromatic rings. The van der Waals surface area contributed by atoms with Crippen LogP contribution in [0.2, 0.25) is 15.1 Å². The minimum atomic E-state index is -4.01. The van der Waals surface area contributed by atoms with Crippen LogP contribution in [0.3, 0.4) is 0 Å². The summed E-state index contributed by atoms with van der Waals surface area (Å²) in [5, 5.41) is 3.66. The summed E-state index contributed by atoms with van der Waals surface area (Å²) in [5.41, 5.74) is 3.19. The van der Waals surface area contributed by atoms with Gasteiger partial charge in [0.2, 0.25) is 15.9 Å². The van der Waals surface area contributed by atoms with Crippen LogP contribution < -0.4 is 5.32 Å². The van der Waals surface area contributed by atoms with E-state index in [1.165, 1.54) is 0 Å². The maximum atomic E-state index is 13.7. The molecule has 0 bridgehead atoms. The van der Waals surface area contributed by atoms with Crippen molar-refractivity contribution < 1.29 is 13.2 Å². The van der Waals surface area contributed by atoms with Crippen molar-refractivity contribution in [3.63, 3.8) is 0 Å². The molecule has 0 spiro atoms. The number of aryl methyl sites for hydroxylation is 3. The summed E-state index contributed by atoms with van der Waals surface area (Å²) >= 11 is 18.2. The summed E-state index contributed by atoms with van der Waals surface area (Å²) < 4.78 is 28.6. The summed E-state index contributed by atoms with van der Waals surface area (Å²) in [5.74, 6) is -0.542. The van der Waals surface area contributed by atoms with Crippen LogP contribution in [0.25, 0.3) is 0 Å². The Labute approximate surface area is 209 Å². The molecule has 0 atom stereocenters. The Morgan fingerprint density at radius 3 is 2.15 bits per heavy atom. The summed E-state index contributed by atoms with van der Waals surface area (Å²) in [6, 6.07) is 15.3. The van der Waals surface area contributed by atoms with E-state index in [0.29, 0.717) is 27.4 Å². The fourth-order valence-corrected chi connectivity index (χ4v) is 5.94. The summed E-state index contributed by atoms with van der Waals surface area (Å²) in [4.78, 5) is 13.1. The second-order valence-corrected chi connectivity index (χ2v) is 10.9. The lowest BCUT2D eigenvalue weighted by molar-refractivity contribution is -0.116. The van der Waals surface area contributed by atoms with Gasteiger partial charge in [-0.15, -0.1) is 0 Å². The molecule has 0 aromatic heterocycles. The molecule has 0 heterocycles. The van der Waals surface area contributed by atoms with Crippen LogP contribution in [0.15, 0.2) is 59.5 Å². The topological polar surface area (TPSA) is 66.5 Å². The minimum absolute atomic E-state index is 0.0110. The molecule has 3 aromatic carbocycles. The molecular weight excluding hydrogens is 503 g/mol. The van der Waals surface area contributed by atoms with E-state index in [0.717, 1.165) is 9.87 Å². The number of benzene rings is 3. The third kappa shape index (κ3) is 6.08. The number of carbonyl (C=O) groups excluding carboxylic acids is 1. The predicted octanol–water partition coefficient (Wildman–Crippen LogP) is 6.40. The van der Waals surface area contributed by atoms with Gasteiger partial charge in [0.05, 0.1) is 27.2 Å². The number of hydrogen-bond acceptors (Lipinski definition) is 3. The van der Waals surface area contributed by atoms with Crippen molar-refractivity contribution in [2.24, 2.45) is 0 Å². The van der Waals surface area contributed by atoms with E-state index in [4.69, 9.17) is 34.8 Å². The number of rotatable bonds is 7. The van der Waals surface area contributed by atoms with Gasteiger partial charge in [-0.05, 0) is 61.7 Å². The number of nitrogens with zero attached hydrogens (tertiary/aromatic N) is 1. The van der Waals surface area contributed by atoms with Crippen LogP contribution in [0.5, 0.6) is 0 Å². The number of sulfonamides is 1. The number of nitrogens with one attached hydrogen (secondary N) is 1. The number of hydrogen-bond donors (Lipinski definition) is 1. The van der Waals surface area contributed by atoms with Crippen molar-refractivity contribution in [3.05, 3.63) is 91.9 Å². The zero-order valence-electron chi connectivity index (χ0n) is 18.3. The van der Waals surface area contributed by atoms with Crippen molar-refractivity contribution in [2.75, 3.05) is 11.9 Å². The molecular formula is C24H23Cl3N2O3S. The molecule has 174 valence electrons. The number of anilines is 1. The fourth-order valence-electron chi connectivity index (χ4n) is 3.67. The van der Waals surface area contributed by atoms with Crippen molar-refractivity contribution in [1.29, 1.82) is 0 Å². The van der Waals surface area contributed by atoms with Crippen LogP contribution in [0, 0.1) is 20.8 Å². The minimum Gasteiger partial charge on any atom is -0.324 e. The molecule has 0 saturated heterocycles. The maximum absolute atomic E-state index is 13.7. The van der Waals surface area contributed by atoms with Gasteiger partial charge < -0.3 is 5.32 Å². The van der Waals surface area contributed by atoms with E-state index in [-0.39, 0.29) is 21.5 Å². The largest absolute Gasteiger partial charge is 0.324 e. The Hall–Kier alpha value is -2.09. The highest BCUT2D eigenvalue weighted by Crippen LogP contribution is 2.30. The molecule has 1 N–H and O–H groups in total. The van der Waals surface area contributed by atoms with Crippen molar-refractivity contribution >= 4 is 56.4 Å². The van der Waals surface area contributed by atoms with Crippen molar-refractivity contribution in [1.82, 2.24) is 4.31 Å². The molecule has 0 radical (unpaired) electrons. The Bertz CT molecular complexity index is 1270. The summed E-state index contributed by atoms with van der Waals surface area (Å²) in [6.07, 6.45) is 0. The molecule has 33 heavy (non-hydrogen) atoms. The van der Waals surface area contributed by atoms with Gasteiger partial charge in [-0.2, -0.15) is 4.31 Å². The predicted molar refractivity (Wildman–Crippen MR) is 135 cm³/mol. The first-order valence-corrected chi connectivity index (χ1v) is 12.6. The van der Waals surface area contributed by atoms with Gasteiger partial charge in [0, 0.05) is 11.6 Å². The Morgan fingerprint density at radius 2 is 1.55 bits per heavy atom. The van der Waals surface area contributed by atoms with Gasteiger partial charge in [0.15, 0.2) is 0 Å². The zero-order valence-corrected chi connectivity index (χ0v) is 21.4. The second kappa shape index (κ2) is 10.5. The van der Waals surface area contributed by atoms with Crippen LogP contribution in [0.4, 0.5) is 5.69 Å². The van der Waals surface area contributed by atoms with E-state index in [2.05, 4.69) is 5.32 Å². The number of halogens is 3. The van der Waals surface area contributed by atoms with Crippen LogP contribution in [-0.2, 0) is 21.4 Å². The van der Waals surface area contributed by atoms with Crippen molar-refractivity contribution in [2.45, 2.75) is 32.2 Å². The molecule has 0 aliphatic heterocycles. The highest BCUT2D eigenvalue weighted by atomic mass is 35.5. The SMILES string of the molecule is Cc1cc(C)c(S(=O)(=O)N(CC(=O)Nc2cccc(Cl)c2Cl)Cc2ccc(Cl)cc2)c(C)c1. The quantitative estimate of drug-likeness (QED) is 0.388. The van der Waals surface area contributed by atoms with Gasteiger partial charge in [0.25, 0.3) is 0 Å². The standard InChI is InChI=1S/C24H23Cl3N2O3S/c1-15-11-16(2)24(17(3)12-15)33(31,32)29(13-18-7-9-19(25)10-8-18)14-22(30)28-21-6-4-5-20(26)23(21)27/h4-12H,13-14H2,1-3H3,(H,28,30). The molecule has 0 fully saturated rings. The van der Waals surface area contributed by atoms with Gasteiger partial charge in [-0.1, -0.05) is 70.7 Å². The highest BCUT2D eigenvalue weighted by molar-refractivity contribution is 7.89. The second-order valence-electron chi connectivity index (χ2n) is 7.78. The normalized spacial score (nSPS) is 11.6. The molecule has 0 aliphatic rings. The number of amides is 1. The van der Waals surface area contributed by atoms with Gasteiger partial charge in [0.1, 0.15) is 0 Å². The van der Waals surface area contributed by atoms with Gasteiger partial charge in [-0.25, -0.2) is 8.42 Å². The molecule has 9 heteroatoms. The third-order valence-corrected chi connectivity index (χ3v) is 8.19. The monoisotopic (exact) mass is 524 g/mol. The smallest absolute Gasteiger partial charge is 0.244 e. The third-order valence-electron chi connectivity index (χ3n) is 5.02. The van der Waals surface area contributed by atoms with E-state index >= 15 is 0 Å². The first-order valence-electron chi connectivity index (χ1n) is 10.1. The summed E-state index contributed by atoms with van der Waals surface area (Å²) in [6.45, 7) is 4.98. The molecule has 3 rings (SSSR count). The first kappa shape index (κ1) is 25.5. The molecule has 0 aliphatic carbocycles. The van der Waals surface area contributed by atoms with Crippen LogP contribution in [-0.4, -0.2) is 25.2 Å². The highest BCUT2D eigenvalue weighted by Gasteiger charge is 2.30. The Morgan fingerprint density at radius 1 is 0.939 bits per heavy atom.